The fraction of sp³-hybridized carbons (Fsp3) is 0.500. The molecule has 1 rings (SSSR count). The van der Waals surface area contributed by atoms with Gasteiger partial charge >= 0.3 is 5.97 Å². The van der Waals surface area contributed by atoms with Gasteiger partial charge in [-0.1, -0.05) is 30.3 Å². The number of thioether (sulfide) groups is 1. The van der Waals surface area contributed by atoms with E-state index < -0.39 is 30.1 Å². The molecule has 7 heteroatoms. The molecule has 0 heterocycles. The van der Waals surface area contributed by atoms with Crippen LogP contribution in [0.2, 0.25) is 0 Å². The number of ether oxygens (including phenoxy) is 1. The van der Waals surface area contributed by atoms with Crippen LogP contribution in [0.25, 0.3) is 0 Å². The second-order valence-corrected chi connectivity index (χ2v) is 6.12. The molecule has 4 N–H and O–H groups in total. The van der Waals surface area contributed by atoms with Gasteiger partial charge in [0, 0.05) is 17.5 Å². The van der Waals surface area contributed by atoms with Gasteiger partial charge in [-0.2, -0.15) is 11.8 Å². The Morgan fingerprint density at radius 2 is 2.00 bits per heavy atom. The Morgan fingerprint density at radius 3 is 2.61 bits per heavy atom. The Kier molecular flexibility index (Phi) is 8.68. The number of benzene rings is 1. The van der Waals surface area contributed by atoms with Crippen molar-refractivity contribution in [3.63, 3.8) is 0 Å². The molecule has 0 radical (unpaired) electrons. The van der Waals surface area contributed by atoms with Gasteiger partial charge in [-0.15, -0.1) is 0 Å². The molecule has 128 valence electrons. The van der Waals surface area contributed by atoms with Gasteiger partial charge in [0.1, 0.15) is 12.1 Å². The first-order valence-electron chi connectivity index (χ1n) is 7.48. The molecule has 0 aliphatic rings. The van der Waals surface area contributed by atoms with Crippen molar-refractivity contribution in [2.24, 2.45) is 5.73 Å². The lowest BCUT2D eigenvalue weighted by Gasteiger charge is -2.20. The highest BCUT2D eigenvalue weighted by Crippen LogP contribution is 2.13. The fourth-order valence-electron chi connectivity index (χ4n) is 1.80. The highest BCUT2D eigenvalue weighted by Gasteiger charge is 2.26. The predicted octanol–water partition coefficient (Wildman–Crippen LogP) is 0.676. The van der Waals surface area contributed by atoms with Crippen LogP contribution < -0.4 is 11.1 Å². The largest absolute Gasteiger partial charge is 0.464 e. The maximum Gasteiger partial charge on any atom is 0.328 e. The zero-order chi connectivity index (χ0) is 17.2. The second-order valence-electron chi connectivity index (χ2n) is 5.09. The molecule has 0 spiro atoms. The lowest BCUT2D eigenvalue weighted by atomic mass is 10.2. The van der Waals surface area contributed by atoms with E-state index in [2.05, 4.69) is 5.32 Å². The molecule has 0 aliphatic carbocycles. The van der Waals surface area contributed by atoms with Crippen molar-refractivity contribution >= 4 is 23.6 Å². The average molecular weight is 340 g/mol. The third-order valence-corrected chi connectivity index (χ3v) is 4.25. The molecule has 0 fully saturated rings. The van der Waals surface area contributed by atoms with Gasteiger partial charge in [-0.05, 0) is 19.4 Å². The summed E-state index contributed by atoms with van der Waals surface area (Å²) in [7, 11) is 0. The van der Waals surface area contributed by atoms with E-state index in [-0.39, 0.29) is 6.61 Å². The van der Waals surface area contributed by atoms with Crippen molar-refractivity contribution < 1.29 is 19.4 Å². The van der Waals surface area contributed by atoms with Gasteiger partial charge < -0.3 is 20.9 Å². The van der Waals surface area contributed by atoms with Crippen LogP contribution >= 0.6 is 11.8 Å². The maximum absolute atomic E-state index is 11.9. The fourth-order valence-corrected chi connectivity index (χ4v) is 2.80. The molecule has 1 aromatic carbocycles. The molecule has 0 saturated heterocycles. The lowest BCUT2D eigenvalue weighted by Crippen LogP contribution is -2.51. The molecule has 6 nitrogen and oxygen atoms in total. The number of aliphatic hydroxyl groups is 1. The highest BCUT2D eigenvalue weighted by molar-refractivity contribution is 7.98. The van der Waals surface area contributed by atoms with Gasteiger partial charge in [-0.25, -0.2) is 4.79 Å². The molecular formula is C16H24N2O4S. The number of rotatable bonds is 9. The number of carbonyl (C=O) groups is 2. The molecule has 1 aromatic rings. The van der Waals surface area contributed by atoms with Crippen molar-refractivity contribution in [1.82, 2.24) is 5.32 Å². The molecule has 1 amide bonds. The summed E-state index contributed by atoms with van der Waals surface area (Å²) < 4.78 is 4.79. The van der Waals surface area contributed by atoms with E-state index in [1.165, 1.54) is 18.7 Å². The van der Waals surface area contributed by atoms with E-state index in [4.69, 9.17) is 10.5 Å². The van der Waals surface area contributed by atoms with E-state index in [1.54, 1.807) is 6.92 Å². The van der Waals surface area contributed by atoms with Crippen molar-refractivity contribution in [2.75, 3.05) is 12.4 Å². The smallest absolute Gasteiger partial charge is 0.328 e. The number of nitrogens with two attached hydrogens (primary N) is 1. The molecular weight excluding hydrogens is 316 g/mol. The third kappa shape index (κ3) is 7.02. The minimum Gasteiger partial charge on any atom is -0.464 e. The Hall–Kier alpha value is -1.57. The molecule has 1 unspecified atom stereocenters. The van der Waals surface area contributed by atoms with Gasteiger partial charge in [0.25, 0.3) is 5.91 Å². The average Bonchev–Trinajstić information content (AvgIpc) is 2.55. The lowest BCUT2D eigenvalue weighted by molar-refractivity contribution is -0.148. The first-order valence-corrected chi connectivity index (χ1v) is 8.63. The minimum atomic E-state index is -1.37. The highest BCUT2D eigenvalue weighted by atomic mass is 32.2. The monoisotopic (exact) mass is 340 g/mol. The summed E-state index contributed by atoms with van der Waals surface area (Å²) in [6, 6.07) is 8.33. The van der Waals surface area contributed by atoms with Crippen LogP contribution in [0.5, 0.6) is 0 Å². The Morgan fingerprint density at radius 1 is 1.35 bits per heavy atom. The normalized spacial score (nSPS) is 14.6. The first-order chi connectivity index (χ1) is 11.0. The molecule has 0 aromatic heterocycles. The van der Waals surface area contributed by atoms with Crippen LogP contribution in [0.15, 0.2) is 30.3 Å². The van der Waals surface area contributed by atoms with Crippen molar-refractivity contribution in [3.8, 4) is 0 Å². The topological polar surface area (TPSA) is 102 Å². The van der Waals surface area contributed by atoms with Crippen molar-refractivity contribution in [1.29, 1.82) is 0 Å². The SMILES string of the molecule is CCOC(=O)[C@H](C)NC(=O)C(O)[C@H](N)CSCc1ccccc1. The van der Waals surface area contributed by atoms with Gasteiger partial charge in [0.2, 0.25) is 0 Å². The molecule has 23 heavy (non-hydrogen) atoms. The Labute approximate surface area is 140 Å². The molecule has 0 saturated carbocycles. The van der Waals surface area contributed by atoms with Crippen LogP contribution in [-0.2, 0) is 20.1 Å². The molecule has 0 bridgehead atoms. The number of hydrogen-bond acceptors (Lipinski definition) is 6. The van der Waals surface area contributed by atoms with Crippen LogP contribution in [-0.4, -0.2) is 47.5 Å². The number of carbonyl (C=O) groups excluding carboxylic acids is 2. The molecule has 3 atom stereocenters. The predicted molar refractivity (Wildman–Crippen MR) is 90.8 cm³/mol. The Bertz CT molecular complexity index is 498. The maximum atomic E-state index is 11.9. The van der Waals surface area contributed by atoms with Gasteiger partial charge in [0.15, 0.2) is 0 Å². The second kappa shape index (κ2) is 10.3. The summed E-state index contributed by atoms with van der Waals surface area (Å²) in [5.74, 6) is -0.0298. The molecule has 0 aliphatic heterocycles. The summed E-state index contributed by atoms with van der Waals surface area (Å²) >= 11 is 1.54. The van der Waals surface area contributed by atoms with Gasteiger partial charge in [-0.3, -0.25) is 4.79 Å². The van der Waals surface area contributed by atoms with E-state index in [0.717, 1.165) is 11.3 Å². The van der Waals surface area contributed by atoms with Crippen molar-refractivity contribution in [3.05, 3.63) is 35.9 Å². The zero-order valence-corrected chi connectivity index (χ0v) is 14.2. The van der Waals surface area contributed by atoms with E-state index in [9.17, 15) is 14.7 Å². The number of nitrogens with one attached hydrogen (secondary N) is 1. The summed E-state index contributed by atoms with van der Waals surface area (Å²) in [4.78, 5) is 23.3. The minimum absolute atomic E-state index is 0.233. The van der Waals surface area contributed by atoms with E-state index in [0.29, 0.717) is 5.75 Å². The van der Waals surface area contributed by atoms with Gasteiger partial charge in [0.05, 0.1) is 6.61 Å². The summed E-state index contributed by atoms with van der Waals surface area (Å²) in [5.41, 5.74) is 7.00. The number of hydrogen-bond donors (Lipinski definition) is 3. The zero-order valence-electron chi connectivity index (χ0n) is 13.4. The third-order valence-electron chi connectivity index (χ3n) is 3.09. The first kappa shape index (κ1) is 19.5. The Balaban J connectivity index is 2.35. The van der Waals surface area contributed by atoms with Crippen molar-refractivity contribution in [2.45, 2.75) is 37.8 Å². The summed E-state index contributed by atoms with van der Waals surface area (Å²) in [6.45, 7) is 3.41. The van der Waals surface area contributed by atoms with Crippen LogP contribution in [0.3, 0.4) is 0 Å². The summed E-state index contributed by atoms with van der Waals surface area (Å²) in [5, 5.41) is 12.3. The van der Waals surface area contributed by atoms with Crippen LogP contribution in [0.4, 0.5) is 0 Å². The standard InChI is InChI=1S/C16H24N2O4S/c1-3-22-16(21)11(2)18-15(20)14(19)13(17)10-23-9-12-7-5-4-6-8-12/h4-8,11,13-14,19H,3,9-10,17H2,1-2H3,(H,18,20)/t11-,13+,14?/m0/s1. The van der Waals surface area contributed by atoms with Crippen LogP contribution in [0.1, 0.15) is 19.4 Å². The van der Waals surface area contributed by atoms with E-state index in [1.807, 2.05) is 30.3 Å². The quantitative estimate of drug-likeness (QED) is 0.571. The van der Waals surface area contributed by atoms with Crippen LogP contribution in [0, 0.1) is 0 Å². The number of aliphatic hydroxyl groups excluding tert-OH is 1. The number of amides is 1. The summed E-state index contributed by atoms with van der Waals surface area (Å²) in [6.07, 6.45) is -1.37. The van der Waals surface area contributed by atoms with E-state index >= 15 is 0 Å². The number of esters is 1.